The van der Waals surface area contributed by atoms with Crippen molar-refractivity contribution in [3.05, 3.63) is 66.0 Å². The van der Waals surface area contributed by atoms with Crippen LogP contribution in [0.1, 0.15) is 5.56 Å². The minimum Gasteiger partial charge on any atom is -0.481 e. The van der Waals surface area contributed by atoms with Crippen molar-refractivity contribution in [2.75, 3.05) is 19.4 Å². The highest BCUT2D eigenvalue weighted by Crippen LogP contribution is 2.37. The van der Waals surface area contributed by atoms with E-state index in [0.29, 0.717) is 21.9 Å². The molecule has 0 saturated carbocycles. The van der Waals surface area contributed by atoms with Gasteiger partial charge < -0.3 is 15.6 Å². The summed E-state index contributed by atoms with van der Waals surface area (Å²) in [5.41, 5.74) is 7.08. The van der Waals surface area contributed by atoms with Crippen LogP contribution in [-0.4, -0.2) is 37.5 Å². The standard InChI is InChI=1S/C20H19FN2O5S2/c1-23(30(26,27)15-5-3-14(21)4-6-15)11-13-2-7-17(28-12-20(24)25)16(10-13)18-8-9-19(22)29-18/h2-10H,11-12,22H2,1H3,(H,24,25). The molecule has 0 bridgehead atoms. The molecular formula is C20H19FN2O5S2. The SMILES string of the molecule is CN(Cc1ccc(OCC(=O)O)c(-c2ccc(N)s2)c1)S(=O)(=O)c1ccc(F)cc1. The van der Waals surface area contributed by atoms with Gasteiger partial charge in [-0.05, 0) is 54.1 Å². The highest BCUT2D eigenvalue weighted by atomic mass is 32.2. The summed E-state index contributed by atoms with van der Waals surface area (Å²) in [6.45, 7) is -0.459. The van der Waals surface area contributed by atoms with Crippen molar-refractivity contribution in [2.24, 2.45) is 0 Å². The molecule has 30 heavy (non-hydrogen) atoms. The second-order valence-corrected chi connectivity index (χ2v) is 9.59. The average molecular weight is 451 g/mol. The maximum atomic E-state index is 13.1. The van der Waals surface area contributed by atoms with Gasteiger partial charge in [0.15, 0.2) is 6.61 Å². The number of hydrogen-bond acceptors (Lipinski definition) is 6. The summed E-state index contributed by atoms with van der Waals surface area (Å²) in [5.74, 6) is -1.28. The molecule has 10 heteroatoms. The molecule has 1 aromatic heterocycles. The number of ether oxygens (including phenoxy) is 1. The molecule has 0 atom stereocenters. The van der Waals surface area contributed by atoms with Crippen LogP contribution in [0.5, 0.6) is 5.75 Å². The number of halogens is 1. The minimum absolute atomic E-state index is 0.0148. The monoisotopic (exact) mass is 450 g/mol. The van der Waals surface area contributed by atoms with Crippen molar-refractivity contribution in [1.82, 2.24) is 4.31 Å². The first kappa shape index (κ1) is 21.8. The fourth-order valence-corrected chi connectivity index (χ4v) is 4.71. The van der Waals surface area contributed by atoms with Crippen LogP contribution in [0.15, 0.2) is 59.5 Å². The smallest absolute Gasteiger partial charge is 0.341 e. The van der Waals surface area contributed by atoms with Crippen molar-refractivity contribution < 1.29 is 27.4 Å². The van der Waals surface area contributed by atoms with Crippen molar-refractivity contribution in [3.8, 4) is 16.2 Å². The van der Waals surface area contributed by atoms with Crippen LogP contribution in [0.2, 0.25) is 0 Å². The number of nitrogens with two attached hydrogens (primary N) is 1. The molecule has 0 amide bonds. The summed E-state index contributed by atoms with van der Waals surface area (Å²) in [6.07, 6.45) is 0. The molecule has 0 aliphatic carbocycles. The third-order valence-electron chi connectivity index (χ3n) is 4.21. The number of thiophene rings is 1. The number of carbonyl (C=O) groups is 1. The maximum Gasteiger partial charge on any atom is 0.341 e. The lowest BCUT2D eigenvalue weighted by Gasteiger charge is -2.18. The predicted molar refractivity (Wildman–Crippen MR) is 112 cm³/mol. The number of hydrogen-bond donors (Lipinski definition) is 2. The molecule has 0 saturated heterocycles. The van der Waals surface area contributed by atoms with E-state index in [9.17, 15) is 17.6 Å². The average Bonchev–Trinajstić information content (AvgIpc) is 3.13. The van der Waals surface area contributed by atoms with Crippen molar-refractivity contribution in [2.45, 2.75) is 11.4 Å². The van der Waals surface area contributed by atoms with Gasteiger partial charge >= 0.3 is 5.97 Å². The molecular weight excluding hydrogens is 431 g/mol. The minimum atomic E-state index is -3.82. The summed E-state index contributed by atoms with van der Waals surface area (Å²) in [6, 6.07) is 13.1. The van der Waals surface area contributed by atoms with E-state index >= 15 is 0 Å². The lowest BCUT2D eigenvalue weighted by Crippen LogP contribution is -2.26. The Hall–Kier alpha value is -2.95. The lowest BCUT2D eigenvalue weighted by molar-refractivity contribution is -0.139. The number of carboxylic acid groups (broad SMARTS) is 1. The first-order valence-corrected chi connectivity index (χ1v) is 11.0. The van der Waals surface area contributed by atoms with E-state index in [0.717, 1.165) is 21.3 Å². The molecule has 0 aliphatic rings. The Bertz CT molecular complexity index is 1160. The Morgan fingerprint density at radius 3 is 2.47 bits per heavy atom. The van der Waals surface area contributed by atoms with Gasteiger partial charge in [-0.15, -0.1) is 11.3 Å². The molecule has 2 aromatic carbocycles. The summed E-state index contributed by atoms with van der Waals surface area (Å²) < 4.78 is 45.1. The molecule has 3 aromatic rings. The number of benzene rings is 2. The summed E-state index contributed by atoms with van der Waals surface area (Å²) in [5, 5.41) is 9.47. The van der Waals surface area contributed by atoms with Crippen LogP contribution >= 0.6 is 11.3 Å². The van der Waals surface area contributed by atoms with Crippen LogP contribution in [0.25, 0.3) is 10.4 Å². The highest BCUT2D eigenvalue weighted by Gasteiger charge is 2.22. The maximum absolute atomic E-state index is 13.1. The summed E-state index contributed by atoms with van der Waals surface area (Å²) in [4.78, 5) is 11.6. The quantitative estimate of drug-likeness (QED) is 0.544. The van der Waals surface area contributed by atoms with Gasteiger partial charge in [-0.2, -0.15) is 4.31 Å². The van der Waals surface area contributed by atoms with Crippen LogP contribution in [0.3, 0.4) is 0 Å². The van der Waals surface area contributed by atoms with E-state index in [1.807, 2.05) is 0 Å². The van der Waals surface area contributed by atoms with Crippen molar-refractivity contribution in [3.63, 3.8) is 0 Å². The van der Waals surface area contributed by atoms with E-state index < -0.39 is 28.4 Å². The van der Waals surface area contributed by atoms with E-state index in [1.165, 1.54) is 30.5 Å². The van der Waals surface area contributed by atoms with Gasteiger partial charge in [0.1, 0.15) is 11.6 Å². The molecule has 0 spiro atoms. The Kier molecular flexibility index (Phi) is 6.40. The Labute approximate surface area is 177 Å². The number of anilines is 1. The first-order chi connectivity index (χ1) is 14.2. The van der Waals surface area contributed by atoms with Gasteiger partial charge in [0.05, 0.1) is 9.90 Å². The predicted octanol–water partition coefficient (Wildman–Crippen LogP) is 3.42. The second-order valence-electron chi connectivity index (χ2n) is 6.43. The zero-order chi connectivity index (χ0) is 21.9. The topological polar surface area (TPSA) is 110 Å². The number of carboxylic acids is 1. The van der Waals surface area contributed by atoms with Gasteiger partial charge in [-0.1, -0.05) is 6.07 Å². The van der Waals surface area contributed by atoms with Gasteiger partial charge in [0.25, 0.3) is 0 Å². The fourth-order valence-electron chi connectivity index (χ4n) is 2.76. The van der Waals surface area contributed by atoms with Gasteiger partial charge in [-0.3, -0.25) is 0 Å². The number of nitrogen functional groups attached to an aromatic ring is 1. The Morgan fingerprint density at radius 1 is 1.17 bits per heavy atom. The van der Waals surface area contributed by atoms with E-state index in [-0.39, 0.29) is 11.4 Å². The zero-order valence-corrected chi connectivity index (χ0v) is 17.5. The molecule has 158 valence electrons. The molecule has 7 nitrogen and oxygen atoms in total. The molecule has 3 rings (SSSR count). The van der Waals surface area contributed by atoms with Crippen molar-refractivity contribution in [1.29, 1.82) is 0 Å². The van der Waals surface area contributed by atoms with E-state index in [2.05, 4.69) is 0 Å². The number of sulfonamides is 1. The normalized spacial score (nSPS) is 11.6. The van der Waals surface area contributed by atoms with Crippen molar-refractivity contribution >= 4 is 32.3 Å². The van der Waals surface area contributed by atoms with Crippen LogP contribution in [0.4, 0.5) is 9.39 Å². The zero-order valence-electron chi connectivity index (χ0n) is 15.9. The molecule has 0 unspecified atom stereocenters. The fraction of sp³-hybridized carbons (Fsp3) is 0.150. The summed E-state index contributed by atoms with van der Waals surface area (Å²) in [7, 11) is -2.39. The van der Waals surface area contributed by atoms with E-state index in [4.69, 9.17) is 15.6 Å². The molecule has 1 heterocycles. The third-order valence-corrected chi connectivity index (χ3v) is 6.98. The van der Waals surface area contributed by atoms with Crippen LogP contribution < -0.4 is 10.5 Å². The van der Waals surface area contributed by atoms with Gasteiger partial charge in [0.2, 0.25) is 10.0 Å². The molecule has 0 radical (unpaired) electrons. The van der Waals surface area contributed by atoms with Crippen LogP contribution in [0, 0.1) is 5.82 Å². The molecule has 0 fully saturated rings. The second kappa shape index (κ2) is 8.82. The Balaban J connectivity index is 1.90. The van der Waals surface area contributed by atoms with Gasteiger partial charge in [0, 0.05) is 24.0 Å². The Morgan fingerprint density at radius 2 is 1.87 bits per heavy atom. The first-order valence-electron chi connectivity index (χ1n) is 8.72. The summed E-state index contributed by atoms with van der Waals surface area (Å²) >= 11 is 1.30. The lowest BCUT2D eigenvalue weighted by atomic mass is 10.1. The third kappa shape index (κ3) is 4.96. The van der Waals surface area contributed by atoms with Gasteiger partial charge in [-0.25, -0.2) is 17.6 Å². The highest BCUT2D eigenvalue weighted by molar-refractivity contribution is 7.89. The molecule has 0 aliphatic heterocycles. The largest absolute Gasteiger partial charge is 0.481 e. The number of rotatable bonds is 8. The number of nitrogens with zero attached hydrogens (tertiary/aromatic N) is 1. The molecule has 3 N–H and O–H groups in total. The van der Waals surface area contributed by atoms with E-state index in [1.54, 1.807) is 30.3 Å². The van der Waals surface area contributed by atoms with Crippen LogP contribution in [-0.2, 0) is 21.4 Å². The number of aliphatic carboxylic acids is 1.